The Bertz CT molecular complexity index is 2790. The largest absolute Gasteiger partial charge is 0.383 e. The van der Waals surface area contributed by atoms with E-state index in [4.69, 9.17) is 22.9 Å². The number of aromatic amines is 10. The Kier molecular flexibility index (Phi) is 14.5. The van der Waals surface area contributed by atoms with E-state index in [1.54, 1.807) is 13.8 Å². The van der Waals surface area contributed by atoms with Crippen LogP contribution in [0.3, 0.4) is 0 Å². The minimum Gasteiger partial charge on any atom is -0.383 e. The van der Waals surface area contributed by atoms with Gasteiger partial charge in [0.25, 0.3) is 22.2 Å². The molecule has 0 bridgehead atoms. The van der Waals surface area contributed by atoms with E-state index in [9.17, 15) is 38.4 Å². The topological polar surface area (TPSA) is 476 Å². The van der Waals surface area contributed by atoms with Crippen LogP contribution in [0.15, 0.2) is 87.9 Å². The summed E-state index contributed by atoms with van der Waals surface area (Å²) in [5, 5.41) is 0. The standard InChI is InChI=1S/2C5H5N5O.2C5H6N2O2.2C4H5N3O/c2*6-5-9-3-2(4(11)10-5)7-1-8-3;2*1-3-2-6-5(9)7-4(3)8;2*5-3-1-2-6-4(8)7-3/h2*1H,(H4,6,7,8,9,10,11);2*2H,1H3,(H2,6,7,8,9);2*1-2H,(H3,5,6,7,8). The number of fused-ring (bicyclic) bond motifs is 2. The van der Waals surface area contributed by atoms with Gasteiger partial charge in [0, 0.05) is 35.9 Å². The average Bonchev–Trinajstić information content (AvgIpc) is 3.80. The molecular weight excluding hydrogens is 744 g/mol. The molecule has 0 amide bonds. The fourth-order valence-electron chi connectivity index (χ4n) is 3.44. The quantitative estimate of drug-likeness (QED) is 0.0696. The van der Waals surface area contributed by atoms with Crippen LogP contribution in [0.25, 0.3) is 22.3 Å². The maximum absolute atomic E-state index is 11.0. The molecule has 56 heavy (non-hydrogen) atoms. The third-order valence-electron chi connectivity index (χ3n) is 6.02. The van der Waals surface area contributed by atoms with Crippen molar-refractivity contribution in [2.24, 2.45) is 0 Å². The minimum absolute atomic E-state index is 0.0783. The van der Waals surface area contributed by atoms with E-state index in [-0.39, 0.29) is 45.8 Å². The van der Waals surface area contributed by atoms with Gasteiger partial charge in [0.1, 0.15) is 11.6 Å². The second-order valence-corrected chi connectivity index (χ2v) is 10.3. The highest BCUT2D eigenvalue weighted by atomic mass is 16.2. The number of H-pyrrole nitrogens is 10. The lowest BCUT2D eigenvalue weighted by Crippen LogP contribution is -2.22. The fraction of sp³-hybridized carbons (Fsp3) is 0.0714. The SMILES string of the molecule is Cc1c[nH]c(=O)[nH]c1=O.Cc1c[nH]c(=O)[nH]c1=O.Nc1cc[nH]c(=O)n1.Nc1cc[nH]c(=O)n1.Nc1nc2nc[nH]c2c(=O)[nH]1.Nc1nc2nc[nH]c2c(=O)[nH]1. The number of nitrogens with zero attached hydrogens (tertiary/aromatic N) is 6. The molecule has 0 aliphatic heterocycles. The lowest BCUT2D eigenvalue weighted by molar-refractivity contribution is 1.01. The van der Waals surface area contributed by atoms with Crippen LogP contribution in [0.1, 0.15) is 11.1 Å². The Labute approximate surface area is 306 Å². The first kappa shape index (κ1) is 41.4. The zero-order chi connectivity index (χ0) is 41.4. The van der Waals surface area contributed by atoms with Gasteiger partial charge in [-0.3, -0.25) is 39.1 Å². The molecule has 18 N–H and O–H groups in total. The van der Waals surface area contributed by atoms with Crippen molar-refractivity contribution < 1.29 is 0 Å². The fourth-order valence-corrected chi connectivity index (χ4v) is 3.44. The molecule has 0 aliphatic carbocycles. The van der Waals surface area contributed by atoms with Gasteiger partial charge in [-0.1, -0.05) is 0 Å². The summed E-state index contributed by atoms with van der Waals surface area (Å²) in [5.74, 6) is 0.645. The number of hydrogen-bond acceptors (Lipinski definition) is 18. The molecule has 8 aromatic heterocycles. The summed E-state index contributed by atoms with van der Waals surface area (Å²) in [4.78, 5) is 130. The predicted octanol–water partition coefficient (Wildman–Crippen LogP) is -4.10. The number of hydrogen-bond donors (Lipinski definition) is 14. The van der Waals surface area contributed by atoms with Gasteiger partial charge in [-0.25, -0.2) is 29.1 Å². The van der Waals surface area contributed by atoms with Crippen LogP contribution in [0, 0.1) is 13.8 Å². The molecule has 292 valence electrons. The number of anilines is 4. The van der Waals surface area contributed by atoms with Crippen LogP contribution in [0.5, 0.6) is 0 Å². The number of aromatic nitrogens is 16. The van der Waals surface area contributed by atoms with Crippen molar-refractivity contribution in [3.05, 3.63) is 144 Å². The molecule has 8 heterocycles. The lowest BCUT2D eigenvalue weighted by atomic mass is 10.4. The number of aryl methyl sites for hydroxylation is 2. The molecule has 28 nitrogen and oxygen atoms in total. The van der Waals surface area contributed by atoms with E-state index in [1.165, 1.54) is 49.6 Å². The van der Waals surface area contributed by atoms with Crippen molar-refractivity contribution in [2.45, 2.75) is 13.8 Å². The third kappa shape index (κ3) is 13.3. The van der Waals surface area contributed by atoms with E-state index in [0.29, 0.717) is 33.5 Å². The first-order chi connectivity index (χ1) is 26.5. The molecule has 8 aromatic rings. The van der Waals surface area contributed by atoms with Gasteiger partial charge in [0.15, 0.2) is 22.3 Å². The first-order valence-electron chi connectivity index (χ1n) is 15.1. The monoisotopic (exact) mass is 776 g/mol. The van der Waals surface area contributed by atoms with Crippen molar-refractivity contribution in [3.8, 4) is 0 Å². The van der Waals surface area contributed by atoms with Gasteiger partial charge in [0.05, 0.1) is 12.7 Å². The Morgan fingerprint density at radius 2 is 0.839 bits per heavy atom. The van der Waals surface area contributed by atoms with Gasteiger partial charge in [-0.2, -0.15) is 19.9 Å². The normalized spacial score (nSPS) is 9.75. The molecule has 0 aromatic carbocycles. The highest BCUT2D eigenvalue weighted by Gasteiger charge is 2.03. The molecule has 0 radical (unpaired) electrons. The molecule has 28 heteroatoms. The zero-order valence-electron chi connectivity index (χ0n) is 28.9. The number of nitrogens with one attached hydrogen (secondary N) is 10. The molecule has 0 spiro atoms. The number of rotatable bonds is 0. The summed E-state index contributed by atoms with van der Waals surface area (Å²) < 4.78 is 0. The predicted molar refractivity (Wildman–Crippen MR) is 201 cm³/mol. The molecule has 0 unspecified atom stereocenters. The minimum atomic E-state index is -0.467. The number of imidazole rings is 2. The summed E-state index contributed by atoms with van der Waals surface area (Å²) in [6.45, 7) is 3.24. The van der Waals surface area contributed by atoms with Gasteiger partial charge in [0.2, 0.25) is 11.9 Å². The second-order valence-electron chi connectivity index (χ2n) is 10.3. The van der Waals surface area contributed by atoms with Crippen molar-refractivity contribution >= 4 is 45.9 Å². The smallest absolute Gasteiger partial charge is 0.346 e. The Morgan fingerprint density at radius 1 is 0.464 bits per heavy atom. The van der Waals surface area contributed by atoms with Crippen LogP contribution >= 0.6 is 0 Å². The molecule has 0 saturated carbocycles. The van der Waals surface area contributed by atoms with E-state index < -0.39 is 22.8 Å². The van der Waals surface area contributed by atoms with Gasteiger partial charge in [-0.05, 0) is 26.0 Å². The molecule has 0 atom stereocenters. The Balaban J connectivity index is 0.000000181. The maximum Gasteiger partial charge on any atom is 0.346 e. The van der Waals surface area contributed by atoms with Crippen LogP contribution < -0.4 is 67.9 Å². The highest BCUT2D eigenvalue weighted by molar-refractivity contribution is 5.69. The summed E-state index contributed by atoms with van der Waals surface area (Å²) in [6, 6.07) is 3.03. The molecule has 0 saturated heterocycles. The van der Waals surface area contributed by atoms with Crippen molar-refractivity contribution in [3.63, 3.8) is 0 Å². The van der Waals surface area contributed by atoms with Crippen molar-refractivity contribution in [2.75, 3.05) is 22.9 Å². The van der Waals surface area contributed by atoms with Crippen LogP contribution in [0.2, 0.25) is 0 Å². The molecular formula is C28H32N20O8. The van der Waals surface area contributed by atoms with Gasteiger partial charge < -0.3 is 52.8 Å². The average molecular weight is 777 g/mol. The highest BCUT2D eigenvalue weighted by Crippen LogP contribution is 1.99. The summed E-state index contributed by atoms with van der Waals surface area (Å²) in [7, 11) is 0. The lowest BCUT2D eigenvalue weighted by Gasteiger charge is -1.89. The summed E-state index contributed by atoms with van der Waals surface area (Å²) in [5.41, 5.74) is 20.1. The van der Waals surface area contributed by atoms with E-state index >= 15 is 0 Å². The van der Waals surface area contributed by atoms with E-state index in [2.05, 4.69) is 79.7 Å². The molecule has 0 aliphatic rings. The molecule has 0 fully saturated rings. The molecule has 8 rings (SSSR count). The maximum atomic E-state index is 11.0. The van der Waals surface area contributed by atoms with E-state index in [0.717, 1.165) is 0 Å². The van der Waals surface area contributed by atoms with Crippen LogP contribution in [0.4, 0.5) is 23.5 Å². The van der Waals surface area contributed by atoms with Crippen molar-refractivity contribution in [1.82, 2.24) is 79.7 Å². The zero-order valence-corrected chi connectivity index (χ0v) is 28.9. The number of nitrogen functional groups attached to an aromatic ring is 4. The second kappa shape index (κ2) is 19.6. The van der Waals surface area contributed by atoms with Gasteiger partial charge in [-0.15, -0.1) is 0 Å². The van der Waals surface area contributed by atoms with Crippen molar-refractivity contribution in [1.29, 1.82) is 0 Å². The Morgan fingerprint density at radius 3 is 1.12 bits per heavy atom. The van der Waals surface area contributed by atoms with E-state index in [1.807, 2.05) is 0 Å². The number of nitrogens with two attached hydrogens (primary N) is 4. The Hall–Kier alpha value is -8.98. The summed E-state index contributed by atoms with van der Waals surface area (Å²) in [6.07, 6.45) is 8.44. The third-order valence-corrected chi connectivity index (χ3v) is 6.02. The van der Waals surface area contributed by atoms with Crippen LogP contribution in [-0.2, 0) is 0 Å². The van der Waals surface area contributed by atoms with Gasteiger partial charge >= 0.3 is 22.8 Å². The van der Waals surface area contributed by atoms with Crippen LogP contribution in [-0.4, -0.2) is 79.7 Å². The summed E-state index contributed by atoms with van der Waals surface area (Å²) >= 11 is 0. The first-order valence-corrected chi connectivity index (χ1v) is 15.1.